The second-order valence-corrected chi connectivity index (χ2v) is 8.26. The van der Waals surface area contributed by atoms with Gasteiger partial charge in [-0.15, -0.1) is 0 Å². The van der Waals surface area contributed by atoms with Crippen LogP contribution in [0.4, 0.5) is 0 Å². The molecular weight excluding hydrogens is 446 g/mol. The summed E-state index contributed by atoms with van der Waals surface area (Å²) in [6.07, 6.45) is 5.15. The van der Waals surface area contributed by atoms with E-state index in [1.54, 1.807) is 7.11 Å². The van der Waals surface area contributed by atoms with Gasteiger partial charge in [0.1, 0.15) is 11.6 Å². The van der Waals surface area contributed by atoms with Crippen LogP contribution in [0.25, 0.3) is 21.9 Å². The van der Waals surface area contributed by atoms with Crippen LogP contribution in [0.1, 0.15) is 23.9 Å². The standard InChI is InChI=1S/C23H22BrN3O3/c1-13-11-18(29-3)20(15-8-10-25-21(13)15)23(2,9-7-19(28)30-4)22-26-16-6-5-14(24)12-17(16)27-22/h5-12,25H,1-4H3,(H,26,27)/b9-7+. The zero-order chi connectivity index (χ0) is 21.5. The minimum absolute atomic E-state index is 0.434. The van der Waals surface area contributed by atoms with E-state index in [1.807, 2.05) is 56.5 Å². The maximum absolute atomic E-state index is 12.0. The van der Waals surface area contributed by atoms with Crippen molar-refractivity contribution in [3.63, 3.8) is 0 Å². The molecule has 0 amide bonds. The van der Waals surface area contributed by atoms with Gasteiger partial charge in [0, 0.05) is 33.2 Å². The molecule has 2 heterocycles. The van der Waals surface area contributed by atoms with Crippen LogP contribution in [0, 0.1) is 6.92 Å². The minimum atomic E-state index is -0.792. The van der Waals surface area contributed by atoms with Crippen molar-refractivity contribution in [3.8, 4) is 5.75 Å². The highest BCUT2D eigenvalue weighted by atomic mass is 79.9. The summed E-state index contributed by atoms with van der Waals surface area (Å²) in [6, 6.07) is 9.89. The molecule has 0 aliphatic heterocycles. The number of nitrogens with zero attached hydrogens (tertiary/aromatic N) is 1. The summed E-state index contributed by atoms with van der Waals surface area (Å²) < 4.78 is 11.6. The van der Waals surface area contributed by atoms with E-state index in [0.717, 1.165) is 43.3 Å². The smallest absolute Gasteiger partial charge is 0.330 e. The summed E-state index contributed by atoms with van der Waals surface area (Å²) in [5.41, 5.74) is 3.94. The second kappa shape index (κ2) is 7.65. The van der Waals surface area contributed by atoms with E-state index in [1.165, 1.54) is 13.2 Å². The number of hydrogen-bond donors (Lipinski definition) is 2. The number of H-pyrrole nitrogens is 2. The first-order chi connectivity index (χ1) is 14.4. The topological polar surface area (TPSA) is 80.0 Å². The molecule has 1 unspecified atom stereocenters. The van der Waals surface area contributed by atoms with Crippen molar-refractivity contribution in [2.75, 3.05) is 14.2 Å². The summed E-state index contributed by atoms with van der Waals surface area (Å²) in [5, 5.41) is 1.01. The molecule has 0 aliphatic rings. The number of methoxy groups -OCH3 is 2. The summed E-state index contributed by atoms with van der Waals surface area (Å²) in [7, 11) is 3.01. The van der Waals surface area contributed by atoms with Gasteiger partial charge in [-0.25, -0.2) is 9.78 Å². The fourth-order valence-corrected chi connectivity index (χ4v) is 4.25. The number of allylic oxidation sites excluding steroid dienone is 1. The van der Waals surface area contributed by atoms with Crippen LogP contribution in [-0.4, -0.2) is 35.1 Å². The molecule has 0 fully saturated rings. The molecule has 2 aromatic heterocycles. The zero-order valence-corrected chi connectivity index (χ0v) is 18.8. The van der Waals surface area contributed by atoms with E-state index < -0.39 is 11.4 Å². The van der Waals surface area contributed by atoms with E-state index in [4.69, 9.17) is 14.5 Å². The predicted octanol–water partition coefficient (Wildman–Crippen LogP) is 5.16. The normalized spacial score (nSPS) is 13.8. The Morgan fingerprint density at radius 1 is 1.23 bits per heavy atom. The number of aromatic amines is 2. The average Bonchev–Trinajstić information content (AvgIpc) is 3.38. The van der Waals surface area contributed by atoms with Gasteiger partial charge < -0.3 is 19.4 Å². The molecule has 0 spiro atoms. The number of benzene rings is 2. The second-order valence-electron chi connectivity index (χ2n) is 7.34. The third kappa shape index (κ3) is 3.29. The third-order valence-electron chi connectivity index (χ3n) is 5.43. The Morgan fingerprint density at radius 3 is 2.77 bits per heavy atom. The van der Waals surface area contributed by atoms with Gasteiger partial charge in [0.2, 0.25) is 0 Å². The molecule has 0 radical (unpaired) electrons. The Labute approximate surface area is 182 Å². The largest absolute Gasteiger partial charge is 0.496 e. The number of carbonyl (C=O) groups is 1. The number of imidazole rings is 1. The highest BCUT2D eigenvalue weighted by Crippen LogP contribution is 2.43. The van der Waals surface area contributed by atoms with Gasteiger partial charge >= 0.3 is 5.97 Å². The van der Waals surface area contributed by atoms with Gasteiger partial charge in [-0.3, -0.25) is 0 Å². The first-order valence-corrected chi connectivity index (χ1v) is 10.2. The number of ether oxygens (including phenoxy) is 2. The first kappa shape index (κ1) is 20.2. The molecule has 2 N–H and O–H groups in total. The first-order valence-electron chi connectivity index (χ1n) is 9.45. The van der Waals surface area contributed by atoms with Gasteiger partial charge in [0.05, 0.1) is 30.7 Å². The Hall–Kier alpha value is -3.06. The lowest BCUT2D eigenvalue weighted by atomic mass is 9.78. The number of esters is 1. The summed E-state index contributed by atoms with van der Waals surface area (Å²) >= 11 is 3.51. The fourth-order valence-electron chi connectivity index (χ4n) is 3.89. The van der Waals surface area contributed by atoms with Gasteiger partial charge in [-0.1, -0.05) is 22.0 Å². The molecule has 0 saturated carbocycles. The van der Waals surface area contributed by atoms with Crippen LogP contribution in [0.15, 0.2) is 53.2 Å². The molecule has 0 bridgehead atoms. The van der Waals surface area contributed by atoms with Gasteiger partial charge in [0.25, 0.3) is 0 Å². The fraction of sp³-hybridized carbons (Fsp3) is 0.217. The molecule has 7 heteroatoms. The molecular formula is C23H22BrN3O3. The molecule has 4 aromatic rings. The third-order valence-corrected chi connectivity index (χ3v) is 5.93. The maximum atomic E-state index is 12.0. The average molecular weight is 468 g/mol. The predicted molar refractivity (Wildman–Crippen MR) is 121 cm³/mol. The number of rotatable bonds is 5. The Balaban J connectivity index is 2.05. The number of hydrogen-bond acceptors (Lipinski definition) is 4. The van der Waals surface area contributed by atoms with Crippen LogP contribution >= 0.6 is 15.9 Å². The molecule has 6 nitrogen and oxygen atoms in total. The molecule has 4 rings (SSSR count). The Bertz CT molecular complexity index is 1290. The lowest BCUT2D eigenvalue weighted by Crippen LogP contribution is -2.24. The lowest BCUT2D eigenvalue weighted by molar-refractivity contribution is -0.134. The number of aryl methyl sites for hydroxylation is 1. The van der Waals surface area contributed by atoms with Crippen LogP contribution in [0.5, 0.6) is 5.75 Å². The summed E-state index contributed by atoms with van der Waals surface area (Å²) in [6.45, 7) is 4.05. The SMILES string of the molecule is COC(=O)/C=C/C(C)(c1nc2ccc(Br)cc2[nH]1)c1c(OC)cc(C)c2[nH]ccc12. The van der Waals surface area contributed by atoms with Crippen molar-refractivity contribution in [2.24, 2.45) is 0 Å². The van der Waals surface area contributed by atoms with E-state index in [9.17, 15) is 4.79 Å². The minimum Gasteiger partial charge on any atom is -0.496 e. The van der Waals surface area contributed by atoms with Crippen molar-refractivity contribution < 1.29 is 14.3 Å². The number of aromatic nitrogens is 3. The lowest BCUT2D eigenvalue weighted by Gasteiger charge is -2.28. The number of nitrogens with one attached hydrogen (secondary N) is 2. The maximum Gasteiger partial charge on any atom is 0.330 e. The van der Waals surface area contributed by atoms with Gasteiger partial charge in [-0.2, -0.15) is 0 Å². The highest BCUT2D eigenvalue weighted by molar-refractivity contribution is 9.10. The molecule has 0 aliphatic carbocycles. The van der Waals surface area contributed by atoms with E-state index in [0.29, 0.717) is 5.82 Å². The zero-order valence-electron chi connectivity index (χ0n) is 17.2. The van der Waals surface area contributed by atoms with Crippen LogP contribution in [0.2, 0.25) is 0 Å². The van der Waals surface area contributed by atoms with Crippen LogP contribution in [-0.2, 0) is 14.9 Å². The molecule has 2 aromatic carbocycles. The van der Waals surface area contributed by atoms with Crippen molar-refractivity contribution in [1.82, 2.24) is 15.0 Å². The Kier molecular flexibility index (Phi) is 5.15. The van der Waals surface area contributed by atoms with Gasteiger partial charge in [-0.05, 0) is 49.7 Å². The quantitative estimate of drug-likeness (QED) is 0.313. The van der Waals surface area contributed by atoms with Crippen molar-refractivity contribution in [1.29, 1.82) is 0 Å². The Morgan fingerprint density at radius 2 is 2.03 bits per heavy atom. The summed E-state index contributed by atoms with van der Waals surface area (Å²) in [5.74, 6) is 0.982. The summed E-state index contributed by atoms with van der Waals surface area (Å²) in [4.78, 5) is 23.6. The van der Waals surface area contributed by atoms with Crippen LogP contribution in [0.3, 0.4) is 0 Å². The molecule has 154 valence electrons. The van der Waals surface area contributed by atoms with Crippen molar-refractivity contribution >= 4 is 43.8 Å². The van der Waals surface area contributed by atoms with E-state index in [2.05, 4.69) is 25.9 Å². The van der Waals surface area contributed by atoms with Gasteiger partial charge in [0.15, 0.2) is 0 Å². The number of carbonyl (C=O) groups excluding carboxylic acids is 1. The van der Waals surface area contributed by atoms with E-state index in [-0.39, 0.29) is 0 Å². The molecule has 30 heavy (non-hydrogen) atoms. The number of halogens is 1. The van der Waals surface area contributed by atoms with Crippen LogP contribution < -0.4 is 4.74 Å². The molecule has 1 atom stereocenters. The van der Waals surface area contributed by atoms with E-state index >= 15 is 0 Å². The van der Waals surface area contributed by atoms with Crippen molar-refractivity contribution in [3.05, 3.63) is 70.1 Å². The molecule has 0 saturated heterocycles. The monoisotopic (exact) mass is 467 g/mol. The highest BCUT2D eigenvalue weighted by Gasteiger charge is 2.35. The number of fused-ring (bicyclic) bond motifs is 2. The van der Waals surface area contributed by atoms with Crippen molar-refractivity contribution in [2.45, 2.75) is 19.3 Å².